The molecule has 3 rings (SSSR count). The summed E-state index contributed by atoms with van der Waals surface area (Å²) in [5.74, 6) is 0.820. The van der Waals surface area contributed by atoms with Crippen LogP contribution in [0.25, 0.3) is 0 Å². The first-order valence-electron chi connectivity index (χ1n) is 6.68. The van der Waals surface area contributed by atoms with E-state index in [2.05, 4.69) is 35.7 Å². The minimum absolute atomic E-state index is 0.694. The van der Waals surface area contributed by atoms with Crippen LogP contribution in [0.2, 0.25) is 0 Å². The summed E-state index contributed by atoms with van der Waals surface area (Å²) >= 11 is 0. The number of hydrogen-bond acceptors (Lipinski definition) is 2. The van der Waals surface area contributed by atoms with E-state index in [9.17, 15) is 0 Å². The van der Waals surface area contributed by atoms with Crippen molar-refractivity contribution in [1.82, 2.24) is 0 Å². The van der Waals surface area contributed by atoms with Crippen LogP contribution in [0.5, 0.6) is 0 Å². The Morgan fingerprint density at radius 1 is 1.00 bits per heavy atom. The van der Waals surface area contributed by atoms with E-state index >= 15 is 0 Å². The molecule has 19 heavy (non-hydrogen) atoms. The Labute approximate surface area is 113 Å². The minimum atomic E-state index is 0.694. The number of rotatable bonds is 4. The van der Waals surface area contributed by atoms with Gasteiger partial charge in [0.1, 0.15) is 0 Å². The van der Waals surface area contributed by atoms with Crippen molar-refractivity contribution in [1.29, 1.82) is 5.26 Å². The van der Waals surface area contributed by atoms with Crippen molar-refractivity contribution in [3.63, 3.8) is 0 Å². The average molecular weight is 248 g/mol. The molecule has 0 saturated heterocycles. The zero-order chi connectivity index (χ0) is 13.1. The smallest absolute Gasteiger partial charge is 0.0991 e. The third-order valence-corrected chi connectivity index (χ3v) is 3.54. The molecule has 0 aromatic heterocycles. The van der Waals surface area contributed by atoms with Gasteiger partial charge in [-0.05, 0) is 54.2 Å². The first-order chi connectivity index (χ1) is 9.35. The molecule has 0 radical (unpaired) electrons. The summed E-state index contributed by atoms with van der Waals surface area (Å²) in [7, 11) is 0. The monoisotopic (exact) mass is 248 g/mol. The second-order valence-electron chi connectivity index (χ2n) is 5.06. The number of nitrogens with zero attached hydrogens (tertiary/aromatic N) is 1. The van der Waals surface area contributed by atoms with Crippen LogP contribution >= 0.6 is 0 Å². The summed E-state index contributed by atoms with van der Waals surface area (Å²) in [6.45, 7) is 0.816. The molecule has 0 heterocycles. The molecule has 2 aromatic carbocycles. The zero-order valence-electron chi connectivity index (χ0n) is 10.8. The van der Waals surface area contributed by atoms with Crippen molar-refractivity contribution in [2.75, 3.05) is 5.32 Å². The lowest BCUT2D eigenvalue weighted by atomic mass is 10.1. The van der Waals surface area contributed by atoms with Crippen LogP contribution in [0, 0.1) is 11.3 Å². The lowest BCUT2D eigenvalue weighted by Gasteiger charge is -2.07. The van der Waals surface area contributed by atoms with Crippen LogP contribution in [0.1, 0.15) is 35.4 Å². The normalized spacial score (nSPS) is 13.8. The summed E-state index contributed by atoms with van der Waals surface area (Å²) in [4.78, 5) is 0. The predicted molar refractivity (Wildman–Crippen MR) is 76.9 cm³/mol. The van der Waals surface area contributed by atoms with Gasteiger partial charge in [0.2, 0.25) is 0 Å². The molecule has 1 fully saturated rings. The molecule has 94 valence electrons. The Hall–Kier alpha value is -2.27. The van der Waals surface area contributed by atoms with E-state index in [1.54, 1.807) is 0 Å². The lowest BCUT2D eigenvalue weighted by molar-refractivity contribution is 1.10. The highest BCUT2D eigenvalue weighted by Gasteiger charge is 2.22. The van der Waals surface area contributed by atoms with Gasteiger partial charge in [-0.2, -0.15) is 5.26 Å². The molecular formula is C17H16N2. The van der Waals surface area contributed by atoms with E-state index in [1.165, 1.54) is 24.0 Å². The van der Waals surface area contributed by atoms with Crippen molar-refractivity contribution >= 4 is 5.69 Å². The fraction of sp³-hybridized carbons (Fsp3) is 0.235. The molecule has 1 aliphatic carbocycles. The first kappa shape index (κ1) is 11.8. The summed E-state index contributed by atoms with van der Waals surface area (Å²) < 4.78 is 0. The highest BCUT2D eigenvalue weighted by molar-refractivity contribution is 5.47. The molecule has 0 bridgehead atoms. The molecule has 0 aliphatic heterocycles. The van der Waals surface area contributed by atoms with E-state index in [-0.39, 0.29) is 0 Å². The highest BCUT2D eigenvalue weighted by Crippen LogP contribution is 2.39. The zero-order valence-corrected chi connectivity index (χ0v) is 10.8. The van der Waals surface area contributed by atoms with Gasteiger partial charge in [0, 0.05) is 12.2 Å². The first-order valence-corrected chi connectivity index (χ1v) is 6.68. The molecule has 2 aromatic rings. The molecule has 0 unspecified atom stereocenters. The van der Waals surface area contributed by atoms with E-state index in [0.717, 1.165) is 18.2 Å². The van der Waals surface area contributed by atoms with Gasteiger partial charge in [0.15, 0.2) is 0 Å². The van der Waals surface area contributed by atoms with Gasteiger partial charge >= 0.3 is 0 Å². The highest BCUT2D eigenvalue weighted by atomic mass is 14.9. The topological polar surface area (TPSA) is 35.8 Å². The van der Waals surface area contributed by atoms with Crippen LogP contribution in [-0.2, 0) is 6.54 Å². The van der Waals surface area contributed by atoms with Crippen LogP contribution in [-0.4, -0.2) is 0 Å². The summed E-state index contributed by atoms with van der Waals surface area (Å²) in [5.41, 5.74) is 4.50. The minimum Gasteiger partial charge on any atom is -0.381 e. The second kappa shape index (κ2) is 5.16. The van der Waals surface area contributed by atoms with Gasteiger partial charge < -0.3 is 5.32 Å². The van der Waals surface area contributed by atoms with E-state index in [4.69, 9.17) is 5.26 Å². The van der Waals surface area contributed by atoms with Crippen molar-refractivity contribution in [2.45, 2.75) is 25.3 Å². The number of anilines is 1. The van der Waals surface area contributed by atoms with Crippen molar-refractivity contribution in [3.8, 4) is 6.07 Å². The molecule has 1 N–H and O–H groups in total. The van der Waals surface area contributed by atoms with Crippen LogP contribution < -0.4 is 5.32 Å². The molecule has 1 saturated carbocycles. The Balaban J connectivity index is 1.60. The lowest BCUT2D eigenvalue weighted by Crippen LogP contribution is -1.99. The Kier molecular flexibility index (Phi) is 3.20. The molecular weight excluding hydrogens is 232 g/mol. The van der Waals surface area contributed by atoms with Gasteiger partial charge in [-0.15, -0.1) is 0 Å². The van der Waals surface area contributed by atoms with Crippen molar-refractivity contribution in [3.05, 3.63) is 65.2 Å². The molecule has 0 spiro atoms. The number of nitriles is 1. The number of hydrogen-bond donors (Lipinski definition) is 1. The number of benzene rings is 2. The Morgan fingerprint density at radius 3 is 2.26 bits per heavy atom. The standard InChI is InChI=1S/C17H16N2/c18-11-13-3-9-17(10-4-13)19-12-14-1-5-15(6-2-14)16-7-8-16/h1-6,9-10,16,19H,7-8,12H2. The molecule has 0 atom stereocenters. The van der Waals surface area contributed by atoms with Gasteiger partial charge in [-0.3, -0.25) is 0 Å². The maximum Gasteiger partial charge on any atom is 0.0991 e. The quantitative estimate of drug-likeness (QED) is 0.886. The SMILES string of the molecule is N#Cc1ccc(NCc2ccc(C3CC3)cc2)cc1. The van der Waals surface area contributed by atoms with Gasteiger partial charge in [-0.1, -0.05) is 24.3 Å². The van der Waals surface area contributed by atoms with E-state index in [0.29, 0.717) is 5.56 Å². The summed E-state index contributed by atoms with van der Waals surface area (Å²) in [6.07, 6.45) is 2.70. The maximum absolute atomic E-state index is 8.74. The second-order valence-corrected chi connectivity index (χ2v) is 5.06. The maximum atomic E-state index is 8.74. The van der Waals surface area contributed by atoms with Crippen molar-refractivity contribution < 1.29 is 0 Å². The van der Waals surface area contributed by atoms with Gasteiger partial charge in [-0.25, -0.2) is 0 Å². The third kappa shape index (κ3) is 2.95. The molecule has 1 aliphatic rings. The molecule has 2 nitrogen and oxygen atoms in total. The van der Waals surface area contributed by atoms with E-state index in [1.807, 2.05) is 24.3 Å². The van der Waals surface area contributed by atoms with E-state index < -0.39 is 0 Å². The fourth-order valence-electron chi connectivity index (χ4n) is 2.19. The van der Waals surface area contributed by atoms with Gasteiger partial charge in [0.05, 0.1) is 11.6 Å². The summed E-state index contributed by atoms with van der Waals surface area (Å²) in [6, 6.07) is 18.6. The molecule has 0 amide bonds. The van der Waals surface area contributed by atoms with Crippen molar-refractivity contribution in [2.24, 2.45) is 0 Å². The van der Waals surface area contributed by atoms with Gasteiger partial charge in [0.25, 0.3) is 0 Å². The average Bonchev–Trinajstić information content (AvgIpc) is 3.31. The Bertz CT molecular complexity index is 587. The number of nitrogens with one attached hydrogen (secondary N) is 1. The predicted octanol–water partition coefficient (Wildman–Crippen LogP) is 4.05. The van der Waals surface area contributed by atoms with Crippen LogP contribution in [0.15, 0.2) is 48.5 Å². The van der Waals surface area contributed by atoms with Crippen LogP contribution in [0.4, 0.5) is 5.69 Å². The van der Waals surface area contributed by atoms with Crippen LogP contribution in [0.3, 0.4) is 0 Å². The largest absolute Gasteiger partial charge is 0.381 e. The Morgan fingerprint density at radius 2 is 1.68 bits per heavy atom. The summed E-state index contributed by atoms with van der Waals surface area (Å²) in [5, 5.41) is 12.1. The molecule has 2 heteroatoms. The third-order valence-electron chi connectivity index (χ3n) is 3.54. The fourth-order valence-corrected chi connectivity index (χ4v) is 2.19.